The summed E-state index contributed by atoms with van der Waals surface area (Å²) < 4.78 is 0. The molecule has 2 nitrogen and oxygen atoms in total. The fourth-order valence-electron chi connectivity index (χ4n) is 2.62. The van der Waals surface area contributed by atoms with E-state index < -0.39 is 0 Å². The maximum Gasteiger partial charge on any atom is 0.0243 e. The van der Waals surface area contributed by atoms with Crippen molar-refractivity contribution in [2.24, 2.45) is 0 Å². The molecule has 0 aliphatic carbocycles. The van der Waals surface area contributed by atoms with Crippen molar-refractivity contribution in [2.45, 2.75) is 25.0 Å². The van der Waals surface area contributed by atoms with E-state index in [4.69, 9.17) is 0 Å². The zero-order valence-corrected chi connectivity index (χ0v) is 8.32. The summed E-state index contributed by atoms with van der Waals surface area (Å²) in [4.78, 5) is 2.63. The second-order valence-electron chi connectivity index (χ2n) is 4.36. The van der Waals surface area contributed by atoms with Gasteiger partial charge in [0, 0.05) is 31.7 Å². The predicted octanol–water partition coefficient (Wildman–Crippen LogP) is 1.23. The van der Waals surface area contributed by atoms with Gasteiger partial charge in [0.25, 0.3) is 0 Å². The number of rotatable bonds is 2. The monoisotopic (exact) mass is 188 g/mol. The Labute approximate surface area is 84.9 Å². The lowest BCUT2D eigenvalue weighted by Crippen LogP contribution is -2.67. The van der Waals surface area contributed by atoms with Gasteiger partial charge in [0.05, 0.1) is 0 Å². The van der Waals surface area contributed by atoms with Crippen molar-refractivity contribution in [1.82, 2.24) is 10.2 Å². The van der Waals surface area contributed by atoms with Gasteiger partial charge < -0.3 is 5.32 Å². The topological polar surface area (TPSA) is 15.3 Å². The number of piperidine rings is 1. The molecular formula is C12H16N2. The summed E-state index contributed by atoms with van der Waals surface area (Å²) in [5, 5.41) is 3.46. The zero-order valence-electron chi connectivity index (χ0n) is 8.32. The molecule has 3 rings (SSSR count). The van der Waals surface area contributed by atoms with Crippen LogP contribution in [0.5, 0.6) is 0 Å². The van der Waals surface area contributed by atoms with Gasteiger partial charge in [0.1, 0.15) is 0 Å². The van der Waals surface area contributed by atoms with Gasteiger partial charge in [0.15, 0.2) is 0 Å². The average Bonchev–Trinajstić information content (AvgIpc) is 2.28. The average molecular weight is 188 g/mol. The molecule has 0 amide bonds. The molecule has 0 radical (unpaired) electrons. The van der Waals surface area contributed by atoms with E-state index >= 15 is 0 Å². The first-order valence-electron chi connectivity index (χ1n) is 5.44. The minimum Gasteiger partial charge on any atom is -0.314 e. The Hall–Kier alpha value is -0.860. The Balaban J connectivity index is 1.68. The smallest absolute Gasteiger partial charge is 0.0243 e. The number of nitrogens with one attached hydrogen (secondary N) is 1. The molecule has 0 aromatic heterocycles. The van der Waals surface area contributed by atoms with Crippen LogP contribution in [0.15, 0.2) is 30.3 Å². The summed E-state index contributed by atoms with van der Waals surface area (Å²) in [6.07, 6.45) is 1.40. The summed E-state index contributed by atoms with van der Waals surface area (Å²) >= 11 is 0. The Morgan fingerprint density at radius 2 is 1.86 bits per heavy atom. The van der Waals surface area contributed by atoms with Crippen molar-refractivity contribution in [3.8, 4) is 0 Å². The molecule has 0 saturated carbocycles. The largest absolute Gasteiger partial charge is 0.314 e. The second kappa shape index (κ2) is 3.37. The van der Waals surface area contributed by atoms with E-state index in [0.29, 0.717) is 0 Å². The van der Waals surface area contributed by atoms with Gasteiger partial charge in [-0.3, -0.25) is 4.90 Å². The standard InChI is InChI=1S/C12H16N2/c1-2-4-10(5-3-1)9-14-11-6-12(14)8-13-7-11/h1-5,11-13H,6-9H2. The van der Waals surface area contributed by atoms with Crippen molar-refractivity contribution in [2.75, 3.05) is 13.1 Å². The van der Waals surface area contributed by atoms with Crippen LogP contribution in [-0.4, -0.2) is 30.1 Å². The van der Waals surface area contributed by atoms with E-state index in [1.807, 2.05) is 0 Å². The predicted molar refractivity (Wildman–Crippen MR) is 57.0 cm³/mol. The summed E-state index contributed by atoms with van der Waals surface area (Å²) in [5.74, 6) is 0. The third-order valence-corrected chi connectivity index (χ3v) is 3.45. The van der Waals surface area contributed by atoms with Crippen LogP contribution in [0.4, 0.5) is 0 Å². The Morgan fingerprint density at radius 3 is 2.50 bits per heavy atom. The summed E-state index contributed by atoms with van der Waals surface area (Å²) in [6, 6.07) is 12.4. The van der Waals surface area contributed by atoms with Crippen molar-refractivity contribution in [3.05, 3.63) is 35.9 Å². The third kappa shape index (κ3) is 1.35. The highest BCUT2D eigenvalue weighted by Crippen LogP contribution is 2.29. The van der Waals surface area contributed by atoms with Crippen LogP contribution >= 0.6 is 0 Å². The first-order chi connectivity index (χ1) is 6.93. The van der Waals surface area contributed by atoms with Crippen molar-refractivity contribution >= 4 is 0 Å². The van der Waals surface area contributed by atoms with E-state index in [1.165, 1.54) is 25.1 Å². The molecular weight excluding hydrogens is 172 g/mol. The zero-order chi connectivity index (χ0) is 9.38. The summed E-state index contributed by atoms with van der Waals surface area (Å²) in [6.45, 7) is 3.50. The van der Waals surface area contributed by atoms with Gasteiger partial charge in [-0.25, -0.2) is 0 Å². The fourth-order valence-corrected chi connectivity index (χ4v) is 2.62. The quantitative estimate of drug-likeness (QED) is 0.751. The molecule has 1 aromatic rings. The van der Waals surface area contributed by atoms with Crippen molar-refractivity contribution in [3.63, 3.8) is 0 Å². The van der Waals surface area contributed by atoms with E-state index in [0.717, 1.165) is 18.6 Å². The van der Waals surface area contributed by atoms with Crippen LogP contribution in [0.3, 0.4) is 0 Å². The minimum absolute atomic E-state index is 0.800. The van der Waals surface area contributed by atoms with Gasteiger partial charge in [-0.15, -0.1) is 0 Å². The molecule has 1 aromatic carbocycles. The molecule has 14 heavy (non-hydrogen) atoms. The van der Waals surface area contributed by atoms with Crippen LogP contribution in [0.25, 0.3) is 0 Å². The van der Waals surface area contributed by atoms with E-state index in [2.05, 4.69) is 40.5 Å². The Bertz CT molecular complexity index is 295. The number of hydrogen-bond acceptors (Lipinski definition) is 2. The SMILES string of the molecule is c1ccc(CN2C3CNCC2C3)cc1. The Morgan fingerprint density at radius 1 is 1.14 bits per heavy atom. The maximum atomic E-state index is 3.46. The van der Waals surface area contributed by atoms with E-state index in [9.17, 15) is 0 Å². The van der Waals surface area contributed by atoms with Crippen molar-refractivity contribution in [1.29, 1.82) is 0 Å². The molecule has 2 bridgehead atoms. The Kier molecular flexibility index (Phi) is 2.03. The number of hydrogen-bond donors (Lipinski definition) is 1. The number of nitrogens with zero attached hydrogens (tertiary/aromatic N) is 1. The summed E-state index contributed by atoms with van der Waals surface area (Å²) in [5.41, 5.74) is 1.45. The molecule has 2 saturated heterocycles. The second-order valence-corrected chi connectivity index (χ2v) is 4.36. The highest BCUT2D eigenvalue weighted by Gasteiger charge is 2.40. The molecule has 2 heterocycles. The highest BCUT2D eigenvalue weighted by molar-refractivity contribution is 5.16. The lowest BCUT2D eigenvalue weighted by Gasteiger charge is -2.53. The lowest BCUT2D eigenvalue weighted by atomic mass is 9.88. The molecule has 2 aliphatic rings. The molecule has 2 atom stereocenters. The van der Waals surface area contributed by atoms with Gasteiger partial charge in [-0.1, -0.05) is 30.3 Å². The lowest BCUT2D eigenvalue weighted by molar-refractivity contribution is -0.0206. The van der Waals surface area contributed by atoms with Crippen LogP contribution in [-0.2, 0) is 6.54 Å². The normalized spacial score (nSPS) is 31.1. The van der Waals surface area contributed by atoms with Crippen LogP contribution < -0.4 is 5.32 Å². The first-order valence-corrected chi connectivity index (χ1v) is 5.44. The van der Waals surface area contributed by atoms with Gasteiger partial charge >= 0.3 is 0 Å². The fraction of sp³-hybridized carbons (Fsp3) is 0.500. The molecule has 74 valence electrons. The number of benzene rings is 1. The van der Waals surface area contributed by atoms with Gasteiger partial charge in [0.2, 0.25) is 0 Å². The van der Waals surface area contributed by atoms with Gasteiger partial charge in [-0.2, -0.15) is 0 Å². The number of fused-ring (bicyclic) bond motifs is 2. The molecule has 2 fully saturated rings. The van der Waals surface area contributed by atoms with Crippen LogP contribution in [0, 0.1) is 0 Å². The van der Waals surface area contributed by atoms with Gasteiger partial charge in [-0.05, 0) is 12.0 Å². The maximum absolute atomic E-state index is 3.46. The molecule has 2 aliphatic heterocycles. The first kappa shape index (κ1) is 8.45. The van der Waals surface area contributed by atoms with Crippen molar-refractivity contribution < 1.29 is 0 Å². The molecule has 0 spiro atoms. The third-order valence-electron chi connectivity index (χ3n) is 3.45. The van der Waals surface area contributed by atoms with E-state index in [1.54, 1.807) is 0 Å². The highest BCUT2D eigenvalue weighted by atomic mass is 15.3. The minimum atomic E-state index is 0.800. The van der Waals surface area contributed by atoms with Crippen LogP contribution in [0.1, 0.15) is 12.0 Å². The van der Waals surface area contributed by atoms with Crippen LogP contribution in [0.2, 0.25) is 0 Å². The molecule has 1 N–H and O–H groups in total. The molecule has 2 heteroatoms. The number of piperazine rings is 1. The van der Waals surface area contributed by atoms with E-state index in [-0.39, 0.29) is 0 Å². The molecule has 2 unspecified atom stereocenters. The summed E-state index contributed by atoms with van der Waals surface area (Å²) in [7, 11) is 0.